The Hall–Kier alpha value is -3.92. The van der Waals surface area contributed by atoms with E-state index in [0.717, 1.165) is 17.8 Å². The molecular weight excluding hydrogens is 474 g/mol. The lowest BCUT2D eigenvalue weighted by molar-refractivity contribution is -0.142. The van der Waals surface area contributed by atoms with Gasteiger partial charge in [0.1, 0.15) is 12.1 Å². The zero-order chi connectivity index (χ0) is 27.4. The van der Waals surface area contributed by atoms with Crippen LogP contribution in [0.2, 0.25) is 0 Å². The van der Waals surface area contributed by atoms with Gasteiger partial charge >= 0.3 is 0 Å². The Bertz CT molecular complexity index is 979. The van der Waals surface area contributed by atoms with Crippen LogP contribution in [0.4, 0.5) is 11.4 Å². The van der Waals surface area contributed by atoms with Crippen LogP contribution in [0.3, 0.4) is 0 Å². The molecule has 3 rings (SSSR count). The van der Waals surface area contributed by atoms with Crippen molar-refractivity contribution >= 4 is 35.6 Å². The van der Waals surface area contributed by atoms with Gasteiger partial charge < -0.3 is 20.6 Å². The summed E-state index contributed by atoms with van der Waals surface area (Å²) >= 11 is 0. The highest BCUT2D eigenvalue weighted by Crippen LogP contribution is 2.25. The predicted molar refractivity (Wildman–Crippen MR) is 142 cm³/mol. The number of nitrogens with one attached hydrogen (secondary N) is 3. The highest BCUT2D eigenvalue weighted by Gasteiger charge is 2.39. The molecule has 4 N–H and O–H groups in total. The fourth-order valence-corrected chi connectivity index (χ4v) is 4.02. The van der Waals surface area contributed by atoms with E-state index in [1.807, 2.05) is 74.5 Å². The van der Waals surface area contributed by atoms with Crippen molar-refractivity contribution in [2.45, 2.75) is 51.7 Å². The van der Waals surface area contributed by atoms with Crippen LogP contribution in [0.5, 0.6) is 0 Å². The average Bonchev–Trinajstić information content (AvgIpc) is 3.41. The van der Waals surface area contributed by atoms with Gasteiger partial charge in [0, 0.05) is 6.54 Å². The largest absolute Gasteiger partial charge is 0.483 e. The van der Waals surface area contributed by atoms with Crippen LogP contribution < -0.4 is 21.1 Å². The Morgan fingerprint density at radius 2 is 1.51 bits per heavy atom. The Kier molecular flexibility index (Phi) is 11.6. The number of likely N-dealkylation sites (tertiary alicyclic amines) is 1. The lowest BCUT2D eigenvalue weighted by Gasteiger charge is -2.33. The molecule has 1 fully saturated rings. The number of hydrogen-bond acceptors (Lipinski definition) is 6. The highest BCUT2D eigenvalue weighted by atomic mass is 16.3. The maximum atomic E-state index is 13.5. The van der Waals surface area contributed by atoms with Crippen molar-refractivity contribution in [1.29, 1.82) is 0 Å². The molecule has 1 aliphatic rings. The van der Waals surface area contributed by atoms with Gasteiger partial charge in [-0.3, -0.25) is 29.6 Å². The van der Waals surface area contributed by atoms with E-state index in [1.54, 1.807) is 23.9 Å². The number of likely N-dealkylation sites (N-methyl/N-ethyl adjacent to an activating group) is 1. The molecule has 10 nitrogen and oxygen atoms in total. The second-order valence-electron chi connectivity index (χ2n) is 9.02. The lowest BCUT2D eigenvalue weighted by atomic mass is 10.0. The number of rotatable bonds is 9. The van der Waals surface area contributed by atoms with Crippen molar-refractivity contribution in [3.63, 3.8) is 0 Å². The van der Waals surface area contributed by atoms with Gasteiger partial charge in [-0.25, -0.2) is 0 Å². The molecule has 2 aromatic rings. The van der Waals surface area contributed by atoms with Crippen LogP contribution in [0.1, 0.15) is 33.6 Å². The van der Waals surface area contributed by atoms with Crippen molar-refractivity contribution in [3.05, 3.63) is 60.7 Å². The second-order valence-corrected chi connectivity index (χ2v) is 9.02. The Balaban J connectivity index is 0.00000153. The van der Waals surface area contributed by atoms with Gasteiger partial charge in [0.2, 0.25) is 11.8 Å². The molecule has 1 saturated heterocycles. The molecule has 0 aromatic heterocycles. The minimum atomic E-state index is -0.698. The van der Waals surface area contributed by atoms with Gasteiger partial charge in [0.25, 0.3) is 12.4 Å². The van der Waals surface area contributed by atoms with Crippen molar-refractivity contribution in [1.82, 2.24) is 21.0 Å². The van der Waals surface area contributed by atoms with E-state index < -0.39 is 18.1 Å². The molecule has 0 bridgehead atoms. The standard InChI is InChI=1S/C26H35N5O3.CH2O2/c1-18(2)23(28-24(32)19(3)27-4)26(34)30-17-11-16-22(30)25(33)29-31(20-12-7-5-8-13-20)21-14-9-6-10-15-21;2-1-3/h5-10,12-15,18-19,22-23,27H,11,16-17H2,1-4H3,(H,28,32)(H,29,33);1H,(H,2,3)/t19-,22-,23-;/m0./s1. The first-order chi connectivity index (χ1) is 17.7. The van der Waals surface area contributed by atoms with Crippen LogP contribution >= 0.6 is 0 Å². The third-order valence-electron chi connectivity index (χ3n) is 6.15. The first kappa shape index (κ1) is 29.3. The molecule has 0 aliphatic carbocycles. The summed E-state index contributed by atoms with van der Waals surface area (Å²) in [5.41, 5.74) is 4.64. The molecular formula is C27H37N5O5. The Labute approximate surface area is 218 Å². The number of nitrogens with zero attached hydrogens (tertiary/aromatic N) is 2. The summed E-state index contributed by atoms with van der Waals surface area (Å²) in [7, 11) is 1.70. The van der Waals surface area contributed by atoms with Gasteiger partial charge in [-0.2, -0.15) is 0 Å². The van der Waals surface area contributed by atoms with Crippen molar-refractivity contribution < 1.29 is 24.3 Å². The van der Waals surface area contributed by atoms with Crippen molar-refractivity contribution in [2.24, 2.45) is 5.92 Å². The molecule has 3 amide bonds. The summed E-state index contributed by atoms with van der Waals surface area (Å²) < 4.78 is 0. The smallest absolute Gasteiger partial charge is 0.290 e. The third kappa shape index (κ3) is 8.04. The molecule has 0 saturated carbocycles. The zero-order valence-electron chi connectivity index (χ0n) is 21.8. The minimum absolute atomic E-state index is 0.116. The van der Waals surface area contributed by atoms with Crippen LogP contribution in [0.15, 0.2) is 60.7 Å². The predicted octanol–water partition coefficient (Wildman–Crippen LogP) is 2.30. The zero-order valence-corrected chi connectivity index (χ0v) is 21.8. The molecule has 10 heteroatoms. The number of carboxylic acid groups (broad SMARTS) is 1. The minimum Gasteiger partial charge on any atom is -0.483 e. The number of hydrazine groups is 1. The van der Waals surface area contributed by atoms with E-state index in [4.69, 9.17) is 9.90 Å². The number of hydrogen-bond donors (Lipinski definition) is 4. The number of carbonyl (C=O) groups excluding carboxylic acids is 3. The third-order valence-corrected chi connectivity index (χ3v) is 6.15. The maximum absolute atomic E-state index is 13.5. The summed E-state index contributed by atoms with van der Waals surface area (Å²) in [6.45, 7) is 5.76. The SMILES string of the molecule is CN[C@@H](C)C(=O)N[C@H](C(=O)N1CCC[C@H]1C(=O)NN(c1ccccc1)c1ccccc1)C(C)C.O=CO. The number of benzene rings is 2. The number of anilines is 2. The van der Waals surface area contributed by atoms with Crippen LogP contribution in [0.25, 0.3) is 0 Å². The highest BCUT2D eigenvalue weighted by molar-refractivity contribution is 5.94. The fourth-order valence-electron chi connectivity index (χ4n) is 4.02. The molecule has 3 atom stereocenters. The van der Waals surface area contributed by atoms with Crippen LogP contribution in [-0.4, -0.2) is 65.9 Å². The summed E-state index contributed by atoms with van der Waals surface area (Å²) in [6, 6.07) is 17.4. The normalized spacial score (nSPS) is 16.1. The first-order valence-electron chi connectivity index (χ1n) is 12.3. The van der Waals surface area contributed by atoms with Crippen LogP contribution in [-0.2, 0) is 19.2 Å². The van der Waals surface area contributed by atoms with E-state index in [-0.39, 0.29) is 30.1 Å². The topological polar surface area (TPSA) is 131 Å². The Morgan fingerprint density at radius 3 is 1.97 bits per heavy atom. The lowest BCUT2D eigenvalue weighted by Crippen LogP contribution is -2.58. The van der Waals surface area contributed by atoms with Gasteiger partial charge in [0.15, 0.2) is 0 Å². The molecule has 1 heterocycles. The maximum Gasteiger partial charge on any atom is 0.290 e. The van der Waals surface area contributed by atoms with Gasteiger partial charge in [-0.1, -0.05) is 50.2 Å². The molecule has 0 spiro atoms. The number of carbonyl (C=O) groups is 4. The fraction of sp³-hybridized carbons (Fsp3) is 0.407. The van der Waals surface area contributed by atoms with E-state index in [9.17, 15) is 14.4 Å². The van der Waals surface area contributed by atoms with E-state index in [2.05, 4.69) is 16.1 Å². The molecule has 0 radical (unpaired) electrons. The van der Waals surface area contributed by atoms with Gasteiger partial charge in [0.05, 0.1) is 17.4 Å². The monoisotopic (exact) mass is 511 g/mol. The summed E-state index contributed by atoms with van der Waals surface area (Å²) in [5, 5.41) is 14.4. The van der Waals surface area contributed by atoms with Gasteiger partial charge in [-0.15, -0.1) is 0 Å². The first-order valence-corrected chi connectivity index (χ1v) is 12.3. The quantitative estimate of drug-likeness (QED) is 0.300. The Morgan fingerprint density at radius 1 is 1.00 bits per heavy atom. The van der Waals surface area contributed by atoms with Crippen molar-refractivity contribution in [3.8, 4) is 0 Å². The van der Waals surface area contributed by atoms with Crippen LogP contribution in [0, 0.1) is 5.92 Å². The number of para-hydroxylation sites is 2. The van der Waals surface area contributed by atoms with Crippen molar-refractivity contribution in [2.75, 3.05) is 18.6 Å². The molecule has 1 aliphatic heterocycles. The number of amides is 3. The molecule has 37 heavy (non-hydrogen) atoms. The summed E-state index contributed by atoms with van der Waals surface area (Å²) in [6.07, 6.45) is 1.30. The molecule has 200 valence electrons. The molecule has 0 unspecified atom stereocenters. The second kappa shape index (κ2) is 14.6. The summed E-state index contributed by atoms with van der Waals surface area (Å²) in [5.74, 6) is -0.838. The average molecular weight is 512 g/mol. The molecule has 2 aromatic carbocycles. The van der Waals surface area contributed by atoms with E-state index in [1.165, 1.54) is 0 Å². The van der Waals surface area contributed by atoms with Gasteiger partial charge in [-0.05, 0) is 57.0 Å². The van der Waals surface area contributed by atoms with E-state index >= 15 is 0 Å². The van der Waals surface area contributed by atoms with E-state index in [0.29, 0.717) is 13.0 Å². The summed E-state index contributed by atoms with van der Waals surface area (Å²) in [4.78, 5) is 49.3.